The van der Waals surface area contributed by atoms with Gasteiger partial charge in [0.25, 0.3) is 0 Å². The van der Waals surface area contributed by atoms with Gasteiger partial charge in [0.15, 0.2) is 0 Å². The van der Waals surface area contributed by atoms with Gasteiger partial charge in [-0.25, -0.2) is 0 Å². The molecule has 16 N–H and O–H groups in total. The zero-order valence-electron chi connectivity index (χ0n) is 39.8. The van der Waals surface area contributed by atoms with E-state index in [1.807, 2.05) is 6.92 Å². The number of nitrogens with one attached hydrogen (secondary N) is 8. The lowest BCUT2D eigenvalue weighted by Gasteiger charge is -2.30. The van der Waals surface area contributed by atoms with Gasteiger partial charge in [0, 0.05) is 30.9 Å². The van der Waals surface area contributed by atoms with Crippen LogP contribution in [-0.4, -0.2) is 156 Å². The number of primary amides is 3. The van der Waals surface area contributed by atoms with E-state index in [2.05, 4.69) is 67.8 Å². The van der Waals surface area contributed by atoms with Gasteiger partial charge in [-0.1, -0.05) is 57.5 Å². The quantitative estimate of drug-likeness (QED) is 0.0239. The first kappa shape index (κ1) is 60.1. The highest BCUT2D eigenvalue weighted by atomic mass is 32.1. The van der Waals surface area contributed by atoms with Gasteiger partial charge < -0.3 is 70.4 Å². The van der Waals surface area contributed by atoms with Crippen LogP contribution < -0.4 is 65.5 Å². The summed E-state index contributed by atoms with van der Waals surface area (Å²) >= 11 is 8.32. The molecule has 1 aromatic rings. The molecule has 390 valence electrons. The summed E-state index contributed by atoms with van der Waals surface area (Å²) in [6.07, 6.45) is 0.00116. The summed E-state index contributed by atoms with van der Waals surface area (Å²) in [5, 5.41) is 20.8. The van der Waals surface area contributed by atoms with Crippen molar-refractivity contribution in [2.24, 2.45) is 28.9 Å². The average molecular weight is 1020 g/mol. The van der Waals surface area contributed by atoms with Crippen molar-refractivity contribution in [3.05, 3.63) is 35.9 Å². The van der Waals surface area contributed by atoms with Crippen LogP contribution >= 0.6 is 25.3 Å². The Bertz CT molecular complexity index is 1990. The highest BCUT2D eigenvalue weighted by molar-refractivity contribution is 7.80. The number of nitrogens with two attached hydrogens (primary N) is 4. The van der Waals surface area contributed by atoms with E-state index in [1.54, 1.807) is 44.2 Å². The molecule has 24 nitrogen and oxygen atoms in total. The first-order chi connectivity index (χ1) is 33.2. The first-order valence-corrected chi connectivity index (χ1v) is 24.4. The van der Waals surface area contributed by atoms with Crippen LogP contribution in [0.1, 0.15) is 77.7 Å². The van der Waals surface area contributed by atoms with Gasteiger partial charge in [-0.15, -0.1) is 0 Å². The molecular weight excluding hydrogens is 951 g/mol. The molecule has 1 aromatic carbocycles. The second-order valence-corrected chi connectivity index (χ2v) is 17.6. The first-order valence-electron chi connectivity index (χ1n) is 23.1. The van der Waals surface area contributed by atoms with Gasteiger partial charge in [0.2, 0.25) is 65.0 Å². The molecule has 0 saturated carbocycles. The van der Waals surface area contributed by atoms with Crippen LogP contribution in [0.4, 0.5) is 0 Å². The van der Waals surface area contributed by atoms with E-state index in [9.17, 15) is 52.7 Å². The van der Waals surface area contributed by atoms with Gasteiger partial charge in [-0.2, -0.15) is 25.3 Å². The van der Waals surface area contributed by atoms with Crippen LogP contribution in [0.2, 0.25) is 0 Å². The molecule has 26 heteroatoms. The fourth-order valence-corrected chi connectivity index (χ4v) is 7.69. The van der Waals surface area contributed by atoms with Crippen molar-refractivity contribution in [1.29, 1.82) is 0 Å². The Balaban J connectivity index is 2.33. The SMILES string of the molecule is CCNCCC[C@H](NC(=O)[C@@H]1CCCN1C(=O)[C@H](CS)NC(=O)[C@H](CC(N)=O)NC(=O)[C@H](CCC(N)=O)NC(=O)[C@@H](NC(=O)[C@H](Cc1ccccc1)NC(=O)[C@@H](N)CS)[C@@H](C)CC)C(=O)NCC(N)=O. The normalized spacial score (nSPS) is 16.6. The zero-order chi connectivity index (χ0) is 52.5. The lowest BCUT2D eigenvalue weighted by molar-refractivity contribution is -0.142. The lowest BCUT2D eigenvalue weighted by atomic mass is 9.96. The molecule has 0 unspecified atom stereocenters. The van der Waals surface area contributed by atoms with Crippen LogP contribution in [0.3, 0.4) is 0 Å². The smallest absolute Gasteiger partial charge is 0.246 e. The van der Waals surface area contributed by atoms with Crippen molar-refractivity contribution < 1.29 is 52.7 Å². The van der Waals surface area contributed by atoms with Gasteiger partial charge in [-0.3, -0.25) is 52.7 Å². The van der Waals surface area contributed by atoms with E-state index in [4.69, 9.17) is 22.9 Å². The predicted molar refractivity (Wildman–Crippen MR) is 264 cm³/mol. The van der Waals surface area contributed by atoms with Crippen molar-refractivity contribution in [1.82, 2.24) is 47.4 Å². The molecule has 2 rings (SSSR count). The van der Waals surface area contributed by atoms with Crippen molar-refractivity contribution in [2.75, 3.05) is 37.7 Å². The van der Waals surface area contributed by atoms with Gasteiger partial charge in [0.1, 0.15) is 42.3 Å². The summed E-state index contributed by atoms with van der Waals surface area (Å²) in [6.45, 7) is 6.15. The number of hydrogen-bond donors (Lipinski definition) is 14. The van der Waals surface area contributed by atoms with Crippen molar-refractivity contribution >= 4 is 90.2 Å². The van der Waals surface area contributed by atoms with Crippen LogP contribution in [0.5, 0.6) is 0 Å². The number of carbonyl (C=O) groups is 11. The van der Waals surface area contributed by atoms with E-state index >= 15 is 0 Å². The van der Waals surface area contributed by atoms with E-state index in [0.29, 0.717) is 37.9 Å². The van der Waals surface area contributed by atoms with Crippen LogP contribution in [-0.2, 0) is 59.2 Å². The Kier molecular flexibility index (Phi) is 26.9. The molecule has 1 saturated heterocycles. The standard InChI is InChI=1S/C44H71N13O11S2/c1-4-24(3)36(56-41(65)29(53-37(61)26(45)22-69)19-25-11-7-6-8-12-25)43(67)52-28(15-16-33(46)58)39(63)54-30(20-34(47)59)40(64)55-31(23-70)44(68)57-18-10-14-32(57)42(66)51-27(13-9-17-49-5-2)38(62)50-21-35(48)60/h6-8,11-12,24,26-32,36,49,69-70H,4-5,9-10,13-23,45H2,1-3H3,(H2,46,58)(H2,47,59)(H2,48,60)(H,50,62)(H,51,66)(H,52,67)(H,53,61)(H,54,63)(H,55,64)(H,56,65)/t24-,26-,27-,28-,29-,30-,31-,32-,36-/m0/s1. The molecular formula is C44H71N13O11S2. The molecule has 1 fully saturated rings. The van der Waals surface area contributed by atoms with E-state index in [0.717, 1.165) is 0 Å². The van der Waals surface area contributed by atoms with Crippen LogP contribution in [0.25, 0.3) is 0 Å². The maximum Gasteiger partial charge on any atom is 0.246 e. The molecule has 1 heterocycles. The summed E-state index contributed by atoms with van der Waals surface area (Å²) < 4.78 is 0. The van der Waals surface area contributed by atoms with Crippen molar-refractivity contribution in [3.63, 3.8) is 0 Å². The van der Waals surface area contributed by atoms with Crippen LogP contribution in [0, 0.1) is 5.92 Å². The molecule has 70 heavy (non-hydrogen) atoms. The fraction of sp³-hybridized carbons (Fsp3) is 0.614. The van der Waals surface area contributed by atoms with Crippen molar-refractivity contribution in [2.45, 2.75) is 127 Å². The molecule has 0 bridgehead atoms. The topological polar surface area (TPSA) is 391 Å². The highest BCUT2D eigenvalue weighted by Gasteiger charge is 2.40. The van der Waals surface area contributed by atoms with E-state index < -0.39 is 145 Å². The summed E-state index contributed by atoms with van der Waals surface area (Å²) in [4.78, 5) is 146. The summed E-state index contributed by atoms with van der Waals surface area (Å²) in [6, 6.07) is -1.71. The Labute approximate surface area is 418 Å². The number of carbonyl (C=O) groups excluding carboxylic acids is 11. The van der Waals surface area contributed by atoms with Gasteiger partial charge in [0.05, 0.1) is 19.0 Å². The predicted octanol–water partition coefficient (Wildman–Crippen LogP) is -4.51. The molecule has 0 radical (unpaired) electrons. The van der Waals surface area contributed by atoms with Crippen LogP contribution in [0.15, 0.2) is 30.3 Å². The molecule has 1 aliphatic heterocycles. The van der Waals surface area contributed by atoms with Crippen molar-refractivity contribution in [3.8, 4) is 0 Å². The summed E-state index contributed by atoms with van der Waals surface area (Å²) in [5.74, 6) is -10.1. The third-order valence-electron chi connectivity index (χ3n) is 11.4. The Morgan fingerprint density at radius 1 is 0.686 bits per heavy atom. The third-order valence-corrected chi connectivity index (χ3v) is 12.2. The number of thiol groups is 2. The number of rotatable bonds is 32. The molecule has 0 aromatic heterocycles. The average Bonchev–Trinajstić information content (AvgIpc) is 3.83. The monoisotopic (exact) mass is 1020 g/mol. The lowest BCUT2D eigenvalue weighted by Crippen LogP contribution is -2.61. The Morgan fingerprint density at radius 3 is 1.87 bits per heavy atom. The highest BCUT2D eigenvalue weighted by Crippen LogP contribution is 2.20. The number of hydrogen-bond acceptors (Lipinski definition) is 15. The van der Waals surface area contributed by atoms with E-state index in [-0.39, 0.29) is 37.3 Å². The molecule has 0 spiro atoms. The largest absolute Gasteiger partial charge is 0.370 e. The molecule has 9 atom stereocenters. The molecule has 1 aliphatic rings. The van der Waals surface area contributed by atoms with Gasteiger partial charge in [-0.05, 0) is 56.7 Å². The maximum absolute atomic E-state index is 14.1. The minimum atomic E-state index is -1.75. The number of benzene rings is 1. The third kappa shape index (κ3) is 20.5. The Morgan fingerprint density at radius 2 is 1.29 bits per heavy atom. The minimum Gasteiger partial charge on any atom is -0.370 e. The molecule has 0 aliphatic carbocycles. The number of amides is 11. The fourth-order valence-electron chi connectivity index (χ4n) is 7.28. The zero-order valence-corrected chi connectivity index (χ0v) is 41.6. The summed E-state index contributed by atoms with van der Waals surface area (Å²) in [7, 11) is 0. The van der Waals surface area contributed by atoms with Gasteiger partial charge >= 0.3 is 0 Å². The number of likely N-dealkylation sites (tertiary alicyclic amines) is 1. The number of nitrogens with zero attached hydrogens (tertiary/aromatic N) is 1. The second-order valence-electron chi connectivity index (χ2n) is 16.9. The minimum absolute atomic E-state index is 0.0157. The Hall–Kier alpha value is -5.99. The molecule has 11 amide bonds. The van der Waals surface area contributed by atoms with E-state index in [1.165, 1.54) is 4.90 Å². The summed E-state index contributed by atoms with van der Waals surface area (Å²) in [5.41, 5.74) is 22.6. The maximum atomic E-state index is 14.1. The second kappa shape index (κ2) is 31.3.